The summed E-state index contributed by atoms with van der Waals surface area (Å²) in [6, 6.07) is 8.69. The van der Waals surface area contributed by atoms with Crippen molar-refractivity contribution < 1.29 is 33.0 Å². The average molecular weight is 587 g/mol. The summed E-state index contributed by atoms with van der Waals surface area (Å²) in [7, 11) is 1.57. The third-order valence-electron chi connectivity index (χ3n) is 8.03. The number of carbonyl (C=O) groups excluding carboxylic acids is 3. The van der Waals surface area contributed by atoms with Crippen LogP contribution in [0, 0.1) is 17.6 Å². The lowest BCUT2D eigenvalue weighted by molar-refractivity contribution is -0.142. The second kappa shape index (κ2) is 13.6. The minimum atomic E-state index is -1.12. The van der Waals surface area contributed by atoms with Crippen LogP contribution >= 0.6 is 0 Å². The van der Waals surface area contributed by atoms with Gasteiger partial charge in [0.05, 0.1) is 19.3 Å². The lowest BCUT2D eigenvalue weighted by Crippen LogP contribution is -2.58. The molecule has 0 radical (unpaired) electrons. The van der Waals surface area contributed by atoms with Gasteiger partial charge in [0, 0.05) is 32.6 Å². The minimum Gasteiger partial charge on any atom is -0.497 e. The number of amides is 3. The Morgan fingerprint density at radius 1 is 1.14 bits per heavy atom. The Bertz CT molecular complexity index is 1270. The molecule has 1 heterocycles. The number of carbonyl (C=O) groups is 3. The molecule has 4 N–H and O–H groups in total. The van der Waals surface area contributed by atoms with E-state index in [4.69, 9.17) is 4.74 Å². The van der Waals surface area contributed by atoms with Crippen molar-refractivity contribution in [3.8, 4) is 5.75 Å². The summed E-state index contributed by atoms with van der Waals surface area (Å²) >= 11 is 0. The molecule has 42 heavy (non-hydrogen) atoms. The highest BCUT2D eigenvalue weighted by Gasteiger charge is 2.51. The van der Waals surface area contributed by atoms with Crippen molar-refractivity contribution in [1.29, 1.82) is 0 Å². The van der Waals surface area contributed by atoms with Crippen LogP contribution in [0.5, 0.6) is 5.75 Å². The van der Waals surface area contributed by atoms with Crippen molar-refractivity contribution in [3.63, 3.8) is 0 Å². The summed E-state index contributed by atoms with van der Waals surface area (Å²) in [6.45, 7) is 3.76. The summed E-state index contributed by atoms with van der Waals surface area (Å²) < 4.78 is 33.1. The van der Waals surface area contributed by atoms with Crippen molar-refractivity contribution in [2.75, 3.05) is 20.2 Å². The van der Waals surface area contributed by atoms with E-state index in [0.717, 1.165) is 36.6 Å². The van der Waals surface area contributed by atoms with Crippen LogP contribution in [0.25, 0.3) is 0 Å². The molecule has 1 saturated heterocycles. The molecule has 4 rings (SSSR count). The summed E-state index contributed by atoms with van der Waals surface area (Å²) in [5.41, 5.74) is 0.164. The molecule has 2 aromatic carbocycles. The predicted molar refractivity (Wildman–Crippen MR) is 152 cm³/mol. The van der Waals surface area contributed by atoms with Crippen LogP contribution in [0.3, 0.4) is 0 Å². The number of nitrogens with one attached hydrogen (secondary N) is 3. The molecule has 2 aromatic rings. The van der Waals surface area contributed by atoms with Gasteiger partial charge in [-0.15, -0.1) is 0 Å². The van der Waals surface area contributed by atoms with Gasteiger partial charge in [0.15, 0.2) is 0 Å². The van der Waals surface area contributed by atoms with Gasteiger partial charge in [-0.2, -0.15) is 0 Å². The summed E-state index contributed by atoms with van der Waals surface area (Å²) in [4.78, 5) is 40.4. The van der Waals surface area contributed by atoms with Crippen molar-refractivity contribution in [1.82, 2.24) is 20.9 Å². The SMILES string of the molecule is COc1cccc(CNC[C@@H](O)[C@H](Cc2cc(F)cc(F)c2)NC(=O)[C@H](C)N2CC[C@@](CC3CC3)(NC(C)=O)C2=O)c1. The number of methoxy groups -OCH3 is 1. The minimum absolute atomic E-state index is 0.0411. The number of benzene rings is 2. The van der Waals surface area contributed by atoms with Crippen molar-refractivity contribution >= 4 is 17.7 Å². The Hall–Kier alpha value is -3.57. The Labute approximate surface area is 245 Å². The van der Waals surface area contributed by atoms with Crippen molar-refractivity contribution in [2.45, 2.75) is 76.2 Å². The topological polar surface area (TPSA) is 120 Å². The van der Waals surface area contributed by atoms with Crippen LogP contribution in [0.2, 0.25) is 0 Å². The largest absolute Gasteiger partial charge is 0.497 e. The number of aliphatic hydroxyl groups excluding tert-OH is 1. The van der Waals surface area contributed by atoms with E-state index in [9.17, 15) is 28.3 Å². The fourth-order valence-corrected chi connectivity index (χ4v) is 5.67. The van der Waals surface area contributed by atoms with Gasteiger partial charge in [-0.1, -0.05) is 25.0 Å². The molecule has 0 spiro atoms. The van der Waals surface area contributed by atoms with Gasteiger partial charge < -0.3 is 30.7 Å². The van der Waals surface area contributed by atoms with E-state index in [-0.39, 0.29) is 30.3 Å². The molecule has 1 aliphatic heterocycles. The zero-order chi connectivity index (χ0) is 30.4. The van der Waals surface area contributed by atoms with Crippen LogP contribution in [0.1, 0.15) is 50.7 Å². The molecule has 0 aromatic heterocycles. The van der Waals surface area contributed by atoms with Gasteiger partial charge in [0.2, 0.25) is 17.7 Å². The van der Waals surface area contributed by atoms with Gasteiger partial charge in [-0.05, 0) is 67.5 Å². The molecule has 228 valence electrons. The Kier molecular flexibility index (Phi) is 10.2. The molecule has 0 bridgehead atoms. The van der Waals surface area contributed by atoms with Crippen LogP contribution in [0.15, 0.2) is 42.5 Å². The maximum atomic E-state index is 13.9. The quantitative estimate of drug-likeness (QED) is 0.270. The van der Waals surface area contributed by atoms with E-state index >= 15 is 0 Å². The molecule has 1 aliphatic carbocycles. The molecular formula is C31H40F2N4O5. The molecule has 2 aliphatic rings. The maximum absolute atomic E-state index is 13.9. The highest BCUT2D eigenvalue weighted by Crippen LogP contribution is 2.41. The van der Waals surface area contributed by atoms with Gasteiger partial charge >= 0.3 is 0 Å². The first-order valence-electron chi connectivity index (χ1n) is 14.4. The van der Waals surface area contributed by atoms with E-state index in [1.165, 1.54) is 11.8 Å². The molecule has 9 nitrogen and oxygen atoms in total. The van der Waals surface area contributed by atoms with E-state index < -0.39 is 41.3 Å². The first kappa shape index (κ1) is 31.4. The highest BCUT2D eigenvalue weighted by atomic mass is 19.1. The van der Waals surface area contributed by atoms with Crippen LogP contribution in [0.4, 0.5) is 8.78 Å². The van der Waals surface area contributed by atoms with Crippen LogP contribution in [-0.2, 0) is 27.3 Å². The fraction of sp³-hybridized carbons (Fsp3) is 0.516. The number of rotatable bonds is 14. The third-order valence-corrected chi connectivity index (χ3v) is 8.03. The molecule has 2 fully saturated rings. The monoisotopic (exact) mass is 586 g/mol. The predicted octanol–water partition coefficient (Wildman–Crippen LogP) is 2.45. The second-order valence-corrected chi connectivity index (χ2v) is 11.5. The smallest absolute Gasteiger partial charge is 0.249 e. The number of hydrogen-bond acceptors (Lipinski definition) is 6. The standard InChI is InChI=1S/C31H40F2N4O5/c1-19(37-10-9-31(30(37)41,36-20(2)38)16-21-7-8-21)29(40)35-27(14-23-11-24(32)15-25(33)12-23)28(39)18-34-17-22-5-4-6-26(13-22)42-3/h4-6,11-13,15,19,21,27-28,34,39H,7-10,14,16-18H2,1-3H3,(H,35,40)(H,36,38)/t19-,27-,28+,31-/m0/s1. The van der Waals surface area contributed by atoms with Crippen LogP contribution < -0.4 is 20.7 Å². The second-order valence-electron chi connectivity index (χ2n) is 11.5. The van der Waals surface area contributed by atoms with E-state index in [1.807, 2.05) is 24.3 Å². The summed E-state index contributed by atoms with van der Waals surface area (Å²) in [5, 5.41) is 19.9. The number of likely N-dealkylation sites (tertiary alicyclic amines) is 1. The number of halogens is 2. The highest BCUT2D eigenvalue weighted by molar-refractivity contribution is 5.96. The molecule has 11 heteroatoms. The Morgan fingerprint density at radius 2 is 1.86 bits per heavy atom. The van der Waals surface area contributed by atoms with Gasteiger partial charge in [-0.3, -0.25) is 14.4 Å². The van der Waals surface area contributed by atoms with Crippen molar-refractivity contribution in [3.05, 3.63) is 65.2 Å². The molecular weight excluding hydrogens is 546 g/mol. The van der Waals surface area contributed by atoms with E-state index in [2.05, 4.69) is 16.0 Å². The lowest BCUT2D eigenvalue weighted by atomic mass is 9.90. The summed E-state index contributed by atoms with van der Waals surface area (Å²) in [6.07, 6.45) is 1.80. The third kappa shape index (κ3) is 8.04. The molecule has 4 atom stereocenters. The average Bonchev–Trinajstić information content (AvgIpc) is 3.69. The van der Waals surface area contributed by atoms with Gasteiger partial charge in [0.1, 0.15) is 29.0 Å². The number of ether oxygens (including phenoxy) is 1. The first-order chi connectivity index (χ1) is 20.0. The number of nitrogens with zero attached hydrogens (tertiary/aromatic N) is 1. The normalized spacial score (nSPS) is 20.6. The Balaban J connectivity index is 1.45. The van der Waals surface area contributed by atoms with E-state index in [1.54, 1.807) is 14.0 Å². The summed E-state index contributed by atoms with van der Waals surface area (Å²) in [5.74, 6) is -1.56. The zero-order valence-corrected chi connectivity index (χ0v) is 24.3. The molecule has 3 amide bonds. The van der Waals surface area contributed by atoms with Crippen LogP contribution in [-0.4, -0.2) is 71.7 Å². The number of aliphatic hydroxyl groups is 1. The maximum Gasteiger partial charge on any atom is 0.249 e. The van der Waals surface area contributed by atoms with Gasteiger partial charge in [0.25, 0.3) is 0 Å². The Morgan fingerprint density at radius 3 is 2.50 bits per heavy atom. The fourth-order valence-electron chi connectivity index (χ4n) is 5.67. The van der Waals surface area contributed by atoms with Gasteiger partial charge in [-0.25, -0.2) is 8.78 Å². The molecule has 0 unspecified atom stereocenters. The van der Waals surface area contributed by atoms with Crippen molar-refractivity contribution in [2.24, 2.45) is 5.92 Å². The lowest BCUT2D eigenvalue weighted by Gasteiger charge is -2.32. The van der Waals surface area contributed by atoms with E-state index in [0.29, 0.717) is 37.6 Å². The first-order valence-corrected chi connectivity index (χ1v) is 14.4. The molecule has 1 saturated carbocycles. The number of hydrogen-bond donors (Lipinski definition) is 4. The zero-order valence-electron chi connectivity index (χ0n) is 24.3.